The van der Waals surface area contributed by atoms with Crippen LogP contribution in [0.1, 0.15) is 43.7 Å². The Balaban J connectivity index is 1.69. The van der Waals surface area contributed by atoms with Crippen molar-refractivity contribution in [3.8, 4) is 5.75 Å². The maximum absolute atomic E-state index is 13.5. The quantitative estimate of drug-likeness (QED) is 0.737. The van der Waals surface area contributed by atoms with E-state index in [0.29, 0.717) is 17.9 Å². The van der Waals surface area contributed by atoms with E-state index in [1.54, 1.807) is 7.11 Å². The highest BCUT2D eigenvalue weighted by Gasteiger charge is 2.51. The number of ketones is 1. The molecule has 3 unspecified atom stereocenters. The van der Waals surface area contributed by atoms with E-state index < -0.39 is 0 Å². The minimum Gasteiger partial charge on any atom is -0.497 e. The van der Waals surface area contributed by atoms with Gasteiger partial charge in [-0.25, -0.2) is 0 Å². The number of Topliss-reactive ketones (excluding diaryl/α,β-unsaturated/α-hetero) is 1. The van der Waals surface area contributed by atoms with Gasteiger partial charge in [0.25, 0.3) is 5.91 Å². The van der Waals surface area contributed by atoms with Crippen LogP contribution in [0.15, 0.2) is 35.6 Å². The Labute approximate surface area is 172 Å². The lowest BCUT2D eigenvalue weighted by molar-refractivity contribution is -0.135. The number of ether oxygens (including phenoxy) is 2. The van der Waals surface area contributed by atoms with Crippen LogP contribution in [0.3, 0.4) is 0 Å². The number of fused-ring (bicyclic) bond motifs is 1. The van der Waals surface area contributed by atoms with Crippen molar-refractivity contribution < 1.29 is 19.1 Å². The second-order valence-electron chi connectivity index (χ2n) is 8.49. The van der Waals surface area contributed by atoms with Gasteiger partial charge in [-0.2, -0.15) is 0 Å². The van der Waals surface area contributed by atoms with Crippen LogP contribution in [0.2, 0.25) is 0 Å². The van der Waals surface area contributed by atoms with E-state index in [1.807, 2.05) is 43.3 Å². The monoisotopic (exact) mass is 398 g/mol. The van der Waals surface area contributed by atoms with Crippen LogP contribution < -0.4 is 4.74 Å². The molecule has 1 saturated carbocycles. The van der Waals surface area contributed by atoms with Crippen LogP contribution in [0, 0.1) is 5.92 Å². The summed E-state index contributed by atoms with van der Waals surface area (Å²) in [6.07, 6.45) is 4.51. The first-order valence-corrected chi connectivity index (χ1v) is 10.6. The summed E-state index contributed by atoms with van der Waals surface area (Å²) in [5.74, 6) is 0.906. The van der Waals surface area contributed by atoms with Gasteiger partial charge >= 0.3 is 0 Å². The fourth-order valence-electron chi connectivity index (χ4n) is 4.81. The van der Waals surface area contributed by atoms with E-state index >= 15 is 0 Å². The topological polar surface area (TPSA) is 59.1 Å². The SMILES string of the molecule is COc1ccc(C2C3=C(OC4CCCCC4C3=O)C(=O)N2CCCN(C)C)cc1. The molecule has 6 nitrogen and oxygen atoms in total. The molecule has 2 heterocycles. The average molecular weight is 399 g/mol. The molecule has 4 rings (SSSR count). The molecule has 0 spiro atoms. The summed E-state index contributed by atoms with van der Waals surface area (Å²) in [7, 11) is 5.67. The van der Waals surface area contributed by atoms with Crippen LogP contribution in [0.4, 0.5) is 0 Å². The lowest BCUT2D eigenvalue weighted by atomic mass is 9.77. The first kappa shape index (κ1) is 20.0. The highest BCUT2D eigenvalue weighted by molar-refractivity contribution is 6.11. The van der Waals surface area contributed by atoms with Crippen molar-refractivity contribution in [1.29, 1.82) is 0 Å². The number of rotatable bonds is 6. The number of hydrogen-bond acceptors (Lipinski definition) is 5. The van der Waals surface area contributed by atoms with Gasteiger partial charge in [0.15, 0.2) is 11.5 Å². The summed E-state index contributed by atoms with van der Waals surface area (Å²) in [5.41, 5.74) is 1.49. The minimum absolute atomic E-state index is 0.111. The van der Waals surface area contributed by atoms with Gasteiger partial charge in [0.05, 0.1) is 24.6 Å². The van der Waals surface area contributed by atoms with Crippen molar-refractivity contribution >= 4 is 11.7 Å². The predicted octanol–water partition coefficient (Wildman–Crippen LogP) is 2.94. The van der Waals surface area contributed by atoms with E-state index in [0.717, 1.165) is 50.0 Å². The number of benzene rings is 1. The molecule has 0 radical (unpaired) electrons. The number of carbonyl (C=O) groups is 2. The molecule has 1 fully saturated rings. The van der Waals surface area contributed by atoms with Crippen molar-refractivity contribution in [3.63, 3.8) is 0 Å². The van der Waals surface area contributed by atoms with Gasteiger partial charge in [0.2, 0.25) is 0 Å². The summed E-state index contributed by atoms with van der Waals surface area (Å²) >= 11 is 0. The Morgan fingerprint density at radius 1 is 1.14 bits per heavy atom. The fraction of sp³-hybridized carbons (Fsp3) is 0.565. The third-order valence-electron chi connectivity index (χ3n) is 6.29. The minimum atomic E-state index is -0.374. The molecule has 1 aliphatic carbocycles. The first-order chi connectivity index (χ1) is 14.0. The van der Waals surface area contributed by atoms with Crippen molar-refractivity contribution in [2.45, 2.75) is 44.2 Å². The Hall–Kier alpha value is -2.34. The van der Waals surface area contributed by atoms with Crippen molar-refractivity contribution in [1.82, 2.24) is 9.80 Å². The van der Waals surface area contributed by atoms with E-state index in [9.17, 15) is 9.59 Å². The number of methoxy groups -OCH3 is 1. The second-order valence-corrected chi connectivity index (χ2v) is 8.49. The molecule has 6 heteroatoms. The van der Waals surface area contributed by atoms with E-state index in [-0.39, 0.29) is 29.8 Å². The Morgan fingerprint density at radius 3 is 2.55 bits per heavy atom. The third kappa shape index (κ3) is 3.66. The zero-order valence-electron chi connectivity index (χ0n) is 17.5. The average Bonchev–Trinajstić information content (AvgIpc) is 3.00. The molecule has 1 aromatic carbocycles. The lowest BCUT2D eigenvalue weighted by Gasteiger charge is -2.35. The summed E-state index contributed by atoms with van der Waals surface area (Å²) in [6, 6.07) is 7.29. The predicted molar refractivity (Wildman–Crippen MR) is 109 cm³/mol. The van der Waals surface area contributed by atoms with Crippen LogP contribution in [-0.4, -0.2) is 61.9 Å². The van der Waals surface area contributed by atoms with E-state index in [4.69, 9.17) is 9.47 Å². The smallest absolute Gasteiger partial charge is 0.290 e. The zero-order chi connectivity index (χ0) is 20.5. The Kier molecular flexibility index (Phi) is 5.63. The number of hydrogen-bond donors (Lipinski definition) is 0. The number of nitrogens with zero attached hydrogens (tertiary/aromatic N) is 2. The third-order valence-corrected chi connectivity index (χ3v) is 6.29. The number of amides is 1. The van der Waals surface area contributed by atoms with Crippen molar-refractivity contribution in [2.24, 2.45) is 5.92 Å². The van der Waals surface area contributed by atoms with Crippen LogP contribution in [-0.2, 0) is 14.3 Å². The highest BCUT2D eigenvalue weighted by atomic mass is 16.5. The van der Waals surface area contributed by atoms with Gasteiger partial charge in [0, 0.05) is 6.54 Å². The van der Waals surface area contributed by atoms with Crippen LogP contribution >= 0.6 is 0 Å². The zero-order valence-corrected chi connectivity index (χ0v) is 17.5. The molecule has 0 aromatic heterocycles. The molecule has 1 aromatic rings. The summed E-state index contributed by atoms with van der Waals surface area (Å²) < 4.78 is 11.5. The van der Waals surface area contributed by atoms with Gasteiger partial charge in [-0.15, -0.1) is 0 Å². The largest absolute Gasteiger partial charge is 0.497 e. The standard InChI is InChI=1S/C23H30N2O4/c1-24(2)13-6-14-25-20(15-9-11-16(28-3)12-10-15)19-21(26)17-7-4-5-8-18(17)29-22(19)23(25)27/h9-12,17-18,20H,4-8,13-14H2,1-3H3. The molecule has 29 heavy (non-hydrogen) atoms. The highest BCUT2D eigenvalue weighted by Crippen LogP contribution is 2.46. The molecule has 0 bridgehead atoms. The van der Waals surface area contributed by atoms with Crippen LogP contribution in [0.25, 0.3) is 0 Å². The van der Waals surface area contributed by atoms with Crippen LogP contribution in [0.5, 0.6) is 5.75 Å². The molecular weight excluding hydrogens is 368 g/mol. The molecule has 2 aliphatic heterocycles. The van der Waals surface area contributed by atoms with Gasteiger partial charge in [0.1, 0.15) is 11.9 Å². The maximum Gasteiger partial charge on any atom is 0.290 e. The van der Waals surface area contributed by atoms with Gasteiger partial charge in [-0.1, -0.05) is 18.6 Å². The Morgan fingerprint density at radius 2 is 1.86 bits per heavy atom. The molecule has 3 aliphatic rings. The summed E-state index contributed by atoms with van der Waals surface area (Å²) in [6.45, 7) is 1.47. The summed E-state index contributed by atoms with van der Waals surface area (Å²) in [4.78, 5) is 30.7. The normalized spacial score (nSPS) is 26.5. The van der Waals surface area contributed by atoms with E-state index in [1.165, 1.54) is 0 Å². The molecule has 0 N–H and O–H groups in total. The number of carbonyl (C=O) groups excluding carboxylic acids is 2. The molecule has 0 saturated heterocycles. The molecule has 1 amide bonds. The Bertz CT molecular complexity index is 815. The summed E-state index contributed by atoms with van der Waals surface area (Å²) in [5, 5.41) is 0. The van der Waals surface area contributed by atoms with Gasteiger partial charge in [-0.3, -0.25) is 9.59 Å². The maximum atomic E-state index is 13.5. The molecular formula is C23H30N2O4. The van der Waals surface area contributed by atoms with Gasteiger partial charge < -0.3 is 19.3 Å². The van der Waals surface area contributed by atoms with Crippen molar-refractivity contribution in [3.05, 3.63) is 41.2 Å². The molecule has 156 valence electrons. The van der Waals surface area contributed by atoms with E-state index in [2.05, 4.69) is 4.90 Å². The lowest BCUT2D eigenvalue weighted by Crippen LogP contribution is -2.39. The van der Waals surface area contributed by atoms with Crippen molar-refractivity contribution in [2.75, 3.05) is 34.3 Å². The first-order valence-electron chi connectivity index (χ1n) is 10.6. The van der Waals surface area contributed by atoms with Gasteiger partial charge in [-0.05, 0) is 64.0 Å². The second kappa shape index (κ2) is 8.19. The molecule has 3 atom stereocenters. The fourth-order valence-corrected chi connectivity index (χ4v) is 4.81.